The van der Waals surface area contributed by atoms with Crippen molar-refractivity contribution < 1.29 is 4.79 Å². The van der Waals surface area contributed by atoms with Gasteiger partial charge < -0.3 is 16.4 Å². The minimum atomic E-state index is 0.0405. The van der Waals surface area contributed by atoms with Crippen molar-refractivity contribution in [2.45, 2.75) is 34.1 Å². The molecule has 4 nitrogen and oxygen atoms in total. The third kappa shape index (κ3) is 3.06. The standard InChI is InChI=1S/C16H25N3O/c1-9(2)12(10(3)4)8-18-15-7-14-11(5-13(15)17)6-16(20)19-14/h5,7,9-10,12,18H,6,8,17H2,1-4H3,(H,19,20). The maximum Gasteiger partial charge on any atom is 0.228 e. The molecule has 4 N–H and O–H groups in total. The molecule has 0 fully saturated rings. The third-order valence-electron chi connectivity index (χ3n) is 4.14. The fraction of sp³-hybridized carbons (Fsp3) is 0.562. The normalized spacial score (nSPS) is 14.1. The number of nitrogen functional groups attached to an aromatic ring is 1. The van der Waals surface area contributed by atoms with Gasteiger partial charge in [0, 0.05) is 12.2 Å². The largest absolute Gasteiger partial charge is 0.397 e. The SMILES string of the molecule is CC(C)C(CNc1cc2c(cc1N)CC(=O)N2)C(C)C. The molecular formula is C16H25N3O. The number of nitrogens with one attached hydrogen (secondary N) is 2. The van der Waals surface area contributed by atoms with Gasteiger partial charge in [-0.15, -0.1) is 0 Å². The van der Waals surface area contributed by atoms with E-state index in [9.17, 15) is 4.79 Å². The molecule has 1 amide bonds. The number of carbonyl (C=O) groups excluding carboxylic acids is 1. The second-order valence-electron chi connectivity index (χ2n) is 6.35. The van der Waals surface area contributed by atoms with E-state index >= 15 is 0 Å². The zero-order valence-electron chi connectivity index (χ0n) is 12.8. The number of carbonyl (C=O) groups is 1. The van der Waals surface area contributed by atoms with E-state index in [0.29, 0.717) is 29.9 Å². The monoisotopic (exact) mass is 275 g/mol. The Bertz CT molecular complexity index is 501. The van der Waals surface area contributed by atoms with Gasteiger partial charge in [0.05, 0.1) is 17.8 Å². The Balaban J connectivity index is 2.11. The zero-order valence-corrected chi connectivity index (χ0v) is 12.8. The number of hydrogen-bond acceptors (Lipinski definition) is 3. The molecule has 0 bridgehead atoms. The molecule has 1 aliphatic rings. The van der Waals surface area contributed by atoms with Crippen molar-refractivity contribution in [3.63, 3.8) is 0 Å². The number of fused-ring (bicyclic) bond motifs is 1. The fourth-order valence-corrected chi connectivity index (χ4v) is 2.92. The van der Waals surface area contributed by atoms with Crippen LogP contribution in [0.25, 0.3) is 0 Å². The Kier molecular flexibility index (Phi) is 4.21. The molecule has 110 valence electrons. The third-order valence-corrected chi connectivity index (χ3v) is 4.14. The van der Waals surface area contributed by atoms with Crippen LogP contribution in [0.3, 0.4) is 0 Å². The summed E-state index contributed by atoms with van der Waals surface area (Å²) in [5, 5.41) is 6.31. The molecule has 0 aliphatic carbocycles. The summed E-state index contributed by atoms with van der Waals surface area (Å²) < 4.78 is 0. The number of rotatable bonds is 5. The molecule has 0 unspecified atom stereocenters. The predicted molar refractivity (Wildman–Crippen MR) is 84.8 cm³/mol. The molecule has 0 saturated carbocycles. The van der Waals surface area contributed by atoms with E-state index in [1.165, 1.54) is 0 Å². The van der Waals surface area contributed by atoms with Gasteiger partial charge in [-0.2, -0.15) is 0 Å². The Labute approximate surface area is 121 Å². The topological polar surface area (TPSA) is 67.1 Å². The van der Waals surface area contributed by atoms with Crippen LogP contribution >= 0.6 is 0 Å². The molecule has 1 heterocycles. The van der Waals surface area contributed by atoms with Crippen molar-refractivity contribution in [1.82, 2.24) is 0 Å². The van der Waals surface area contributed by atoms with Crippen LogP contribution in [0.4, 0.5) is 17.1 Å². The number of hydrogen-bond donors (Lipinski definition) is 3. The molecule has 0 saturated heterocycles. The number of nitrogens with two attached hydrogens (primary N) is 1. The lowest BCUT2D eigenvalue weighted by Crippen LogP contribution is -2.24. The van der Waals surface area contributed by atoms with Crippen LogP contribution in [0.2, 0.25) is 0 Å². The first-order valence-corrected chi connectivity index (χ1v) is 7.34. The van der Waals surface area contributed by atoms with E-state index in [1.807, 2.05) is 12.1 Å². The van der Waals surface area contributed by atoms with Crippen LogP contribution in [0.1, 0.15) is 33.3 Å². The van der Waals surface area contributed by atoms with E-state index in [4.69, 9.17) is 5.73 Å². The smallest absolute Gasteiger partial charge is 0.228 e. The average Bonchev–Trinajstić information content (AvgIpc) is 2.67. The van der Waals surface area contributed by atoms with E-state index in [1.54, 1.807) is 0 Å². The molecule has 20 heavy (non-hydrogen) atoms. The molecule has 0 radical (unpaired) electrons. The molecule has 0 atom stereocenters. The van der Waals surface area contributed by atoms with Crippen LogP contribution in [-0.4, -0.2) is 12.5 Å². The second-order valence-corrected chi connectivity index (χ2v) is 6.35. The Morgan fingerprint density at radius 1 is 1.25 bits per heavy atom. The first-order valence-electron chi connectivity index (χ1n) is 7.34. The van der Waals surface area contributed by atoms with E-state index in [0.717, 1.165) is 23.5 Å². The fourth-order valence-electron chi connectivity index (χ4n) is 2.92. The highest BCUT2D eigenvalue weighted by Gasteiger charge is 2.21. The van der Waals surface area contributed by atoms with Gasteiger partial charge in [0.1, 0.15) is 0 Å². The minimum absolute atomic E-state index is 0.0405. The van der Waals surface area contributed by atoms with Crippen molar-refractivity contribution in [1.29, 1.82) is 0 Å². The average molecular weight is 275 g/mol. The lowest BCUT2D eigenvalue weighted by atomic mass is 9.85. The van der Waals surface area contributed by atoms with Crippen LogP contribution in [-0.2, 0) is 11.2 Å². The van der Waals surface area contributed by atoms with E-state index < -0.39 is 0 Å². The summed E-state index contributed by atoms with van der Waals surface area (Å²) in [6, 6.07) is 3.85. The summed E-state index contributed by atoms with van der Waals surface area (Å²) in [5.74, 6) is 1.88. The van der Waals surface area contributed by atoms with Gasteiger partial charge in [-0.1, -0.05) is 27.7 Å². The first kappa shape index (κ1) is 14.7. The number of benzene rings is 1. The highest BCUT2D eigenvalue weighted by Crippen LogP contribution is 2.32. The first-order chi connectivity index (χ1) is 9.38. The second kappa shape index (κ2) is 5.73. The van der Waals surface area contributed by atoms with Gasteiger partial charge >= 0.3 is 0 Å². The van der Waals surface area contributed by atoms with E-state index in [2.05, 4.69) is 38.3 Å². The van der Waals surface area contributed by atoms with Gasteiger partial charge in [0.25, 0.3) is 0 Å². The molecule has 0 aromatic heterocycles. The summed E-state index contributed by atoms with van der Waals surface area (Å²) in [7, 11) is 0. The molecule has 0 spiro atoms. The zero-order chi connectivity index (χ0) is 14.9. The van der Waals surface area contributed by atoms with Gasteiger partial charge in [-0.3, -0.25) is 4.79 Å². The van der Waals surface area contributed by atoms with Crippen LogP contribution in [0.5, 0.6) is 0 Å². The number of amides is 1. The lowest BCUT2D eigenvalue weighted by Gasteiger charge is -2.26. The molecule has 1 aromatic rings. The number of anilines is 3. The van der Waals surface area contributed by atoms with Crippen LogP contribution in [0.15, 0.2) is 12.1 Å². The van der Waals surface area contributed by atoms with E-state index in [-0.39, 0.29) is 5.91 Å². The van der Waals surface area contributed by atoms with Gasteiger partial charge in [-0.05, 0) is 35.4 Å². The predicted octanol–water partition coefficient (Wildman–Crippen LogP) is 3.10. The van der Waals surface area contributed by atoms with Crippen LogP contribution < -0.4 is 16.4 Å². The van der Waals surface area contributed by atoms with Gasteiger partial charge in [0.2, 0.25) is 5.91 Å². The summed E-state index contributed by atoms with van der Waals surface area (Å²) in [6.45, 7) is 9.89. The van der Waals surface area contributed by atoms with Crippen molar-refractivity contribution in [2.24, 2.45) is 17.8 Å². The van der Waals surface area contributed by atoms with Gasteiger partial charge in [0.15, 0.2) is 0 Å². The Morgan fingerprint density at radius 2 is 1.90 bits per heavy atom. The molecule has 1 aromatic carbocycles. The minimum Gasteiger partial charge on any atom is -0.397 e. The molecular weight excluding hydrogens is 250 g/mol. The quantitative estimate of drug-likeness (QED) is 0.723. The summed E-state index contributed by atoms with van der Waals surface area (Å²) in [6.07, 6.45) is 0.431. The summed E-state index contributed by atoms with van der Waals surface area (Å²) >= 11 is 0. The maximum absolute atomic E-state index is 11.4. The molecule has 2 rings (SSSR count). The van der Waals surface area contributed by atoms with Crippen molar-refractivity contribution >= 4 is 23.0 Å². The Morgan fingerprint density at radius 3 is 2.50 bits per heavy atom. The summed E-state index contributed by atoms with van der Waals surface area (Å²) in [5.41, 5.74) is 9.58. The van der Waals surface area contributed by atoms with Crippen molar-refractivity contribution in [2.75, 3.05) is 22.9 Å². The highest BCUT2D eigenvalue weighted by atomic mass is 16.1. The highest BCUT2D eigenvalue weighted by molar-refractivity contribution is 6.00. The van der Waals surface area contributed by atoms with Crippen molar-refractivity contribution in [3.8, 4) is 0 Å². The maximum atomic E-state index is 11.4. The molecule has 1 aliphatic heterocycles. The lowest BCUT2D eigenvalue weighted by molar-refractivity contribution is -0.115. The Hall–Kier alpha value is -1.71. The van der Waals surface area contributed by atoms with Gasteiger partial charge in [-0.25, -0.2) is 0 Å². The molecule has 4 heteroatoms. The summed E-state index contributed by atoms with van der Waals surface area (Å²) in [4.78, 5) is 11.4. The van der Waals surface area contributed by atoms with Crippen LogP contribution in [0, 0.1) is 17.8 Å². The van der Waals surface area contributed by atoms with Crippen molar-refractivity contribution in [3.05, 3.63) is 17.7 Å².